The molecule has 2 amide bonds. The average Bonchev–Trinajstić information content (AvgIpc) is 2.28. The summed E-state index contributed by atoms with van der Waals surface area (Å²) in [6.45, 7) is 6.14. The first kappa shape index (κ1) is 17.4. The Kier molecular flexibility index (Phi) is 6.11. The number of pyridine rings is 1. The number of anilines is 1. The van der Waals surface area contributed by atoms with Crippen molar-refractivity contribution in [3.8, 4) is 0 Å². The van der Waals surface area contributed by atoms with Crippen LogP contribution in [-0.2, 0) is 9.59 Å². The fraction of sp³-hybridized carbons (Fsp3) is 0.500. The standard InChI is InChI=1S/C14H21ClN4O2/c1-14(2,3)18-12(21)9-19(4)8-11(20)17-10-6-5-7-16-13(10)15/h5-7H,8-9H2,1-4H3,(H,17,20)(H,18,21)/p+1. The lowest BCUT2D eigenvalue weighted by Crippen LogP contribution is -3.11. The van der Waals surface area contributed by atoms with Crippen LogP contribution in [0.15, 0.2) is 18.3 Å². The van der Waals surface area contributed by atoms with Gasteiger partial charge in [0.1, 0.15) is 0 Å². The molecule has 0 bridgehead atoms. The van der Waals surface area contributed by atoms with Crippen molar-refractivity contribution in [3.63, 3.8) is 0 Å². The van der Waals surface area contributed by atoms with E-state index in [1.807, 2.05) is 20.8 Å². The zero-order valence-corrected chi connectivity index (χ0v) is 13.5. The largest absolute Gasteiger partial charge is 0.347 e. The van der Waals surface area contributed by atoms with Gasteiger partial charge in [-0.2, -0.15) is 0 Å². The first-order valence-corrected chi connectivity index (χ1v) is 7.08. The molecular weight excluding hydrogens is 292 g/mol. The predicted octanol–water partition coefficient (Wildman–Crippen LogP) is 0.103. The minimum absolute atomic E-state index is 0.0905. The predicted molar refractivity (Wildman–Crippen MR) is 82.4 cm³/mol. The fourth-order valence-corrected chi connectivity index (χ4v) is 1.91. The second-order valence-corrected chi connectivity index (χ2v) is 6.36. The van der Waals surface area contributed by atoms with Crippen LogP contribution < -0.4 is 15.5 Å². The quantitative estimate of drug-likeness (QED) is 0.675. The molecule has 0 saturated carbocycles. The molecule has 0 saturated heterocycles. The Hall–Kier alpha value is -1.66. The summed E-state index contributed by atoms with van der Waals surface area (Å²) in [6.07, 6.45) is 1.55. The van der Waals surface area contributed by atoms with Gasteiger partial charge < -0.3 is 15.5 Å². The number of amides is 2. The third-order valence-corrected chi connectivity index (χ3v) is 2.77. The smallest absolute Gasteiger partial charge is 0.279 e. The summed E-state index contributed by atoms with van der Waals surface area (Å²) in [5.41, 5.74) is 0.194. The van der Waals surface area contributed by atoms with Crippen molar-refractivity contribution in [2.45, 2.75) is 26.3 Å². The Balaban J connectivity index is 2.44. The molecule has 0 aliphatic heterocycles. The van der Waals surface area contributed by atoms with Gasteiger partial charge in [0.05, 0.1) is 12.7 Å². The fourth-order valence-electron chi connectivity index (χ4n) is 1.75. The summed E-state index contributed by atoms with van der Waals surface area (Å²) in [4.78, 5) is 28.3. The van der Waals surface area contributed by atoms with Crippen molar-refractivity contribution in [2.24, 2.45) is 0 Å². The monoisotopic (exact) mass is 313 g/mol. The van der Waals surface area contributed by atoms with Gasteiger partial charge in [0, 0.05) is 11.7 Å². The Labute approximate surface area is 129 Å². The Morgan fingerprint density at radius 1 is 1.29 bits per heavy atom. The number of carbonyl (C=O) groups is 2. The SMILES string of the molecule is C[NH+](CC(=O)Nc1cccnc1Cl)CC(=O)NC(C)(C)C. The van der Waals surface area contributed by atoms with E-state index in [-0.39, 0.29) is 35.6 Å². The highest BCUT2D eigenvalue weighted by molar-refractivity contribution is 6.32. The van der Waals surface area contributed by atoms with E-state index < -0.39 is 0 Å². The van der Waals surface area contributed by atoms with Crippen molar-refractivity contribution < 1.29 is 14.5 Å². The Bertz CT molecular complexity index is 514. The number of likely N-dealkylation sites (N-methyl/N-ethyl adjacent to an activating group) is 1. The summed E-state index contributed by atoms with van der Waals surface area (Å²) < 4.78 is 0. The van der Waals surface area contributed by atoms with Crippen LogP contribution in [0.1, 0.15) is 20.8 Å². The minimum atomic E-state index is -0.275. The van der Waals surface area contributed by atoms with Gasteiger partial charge in [0.25, 0.3) is 11.8 Å². The third-order valence-electron chi connectivity index (χ3n) is 2.47. The minimum Gasteiger partial charge on any atom is -0.347 e. The number of carbonyl (C=O) groups excluding carboxylic acids is 2. The topological polar surface area (TPSA) is 75.5 Å². The number of aromatic nitrogens is 1. The van der Waals surface area contributed by atoms with Crippen LogP contribution in [0.2, 0.25) is 5.15 Å². The molecular formula is C14H22ClN4O2+. The zero-order chi connectivity index (χ0) is 16.0. The summed E-state index contributed by atoms with van der Waals surface area (Å²) in [6, 6.07) is 3.36. The molecule has 6 nitrogen and oxygen atoms in total. The van der Waals surface area contributed by atoms with Crippen LogP contribution in [0.25, 0.3) is 0 Å². The summed E-state index contributed by atoms with van der Waals surface area (Å²) in [5.74, 6) is -0.307. The van der Waals surface area contributed by atoms with Gasteiger partial charge in [-0.1, -0.05) is 11.6 Å². The third kappa shape index (κ3) is 7.06. The van der Waals surface area contributed by atoms with E-state index >= 15 is 0 Å². The van der Waals surface area contributed by atoms with Gasteiger partial charge >= 0.3 is 0 Å². The number of rotatable bonds is 5. The molecule has 0 spiro atoms. The molecule has 1 aromatic heterocycles. The molecule has 0 fully saturated rings. The van der Waals surface area contributed by atoms with Crippen molar-refractivity contribution >= 4 is 29.1 Å². The number of halogens is 1. The van der Waals surface area contributed by atoms with E-state index in [9.17, 15) is 9.59 Å². The molecule has 1 unspecified atom stereocenters. The zero-order valence-electron chi connectivity index (χ0n) is 12.8. The van der Waals surface area contributed by atoms with Gasteiger partial charge in [0.2, 0.25) is 0 Å². The van der Waals surface area contributed by atoms with Crippen LogP contribution >= 0.6 is 11.6 Å². The molecule has 0 aliphatic carbocycles. The molecule has 0 radical (unpaired) electrons. The van der Waals surface area contributed by atoms with Gasteiger partial charge in [-0.25, -0.2) is 4.98 Å². The molecule has 116 valence electrons. The van der Waals surface area contributed by atoms with E-state index in [1.54, 1.807) is 25.4 Å². The highest BCUT2D eigenvalue weighted by atomic mass is 35.5. The number of quaternary nitrogens is 1. The highest BCUT2D eigenvalue weighted by Crippen LogP contribution is 2.16. The lowest BCUT2D eigenvalue weighted by Gasteiger charge is -2.21. The van der Waals surface area contributed by atoms with Crippen LogP contribution in [-0.4, -0.2) is 42.5 Å². The number of nitrogens with zero attached hydrogens (tertiary/aromatic N) is 1. The van der Waals surface area contributed by atoms with Gasteiger partial charge in [-0.05, 0) is 32.9 Å². The highest BCUT2D eigenvalue weighted by Gasteiger charge is 2.19. The van der Waals surface area contributed by atoms with Crippen molar-refractivity contribution in [2.75, 3.05) is 25.5 Å². The van der Waals surface area contributed by atoms with Crippen molar-refractivity contribution in [3.05, 3.63) is 23.5 Å². The lowest BCUT2D eigenvalue weighted by atomic mass is 10.1. The van der Waals surface area contributed by atoms with Crippen molar-refractivity contribution in [1.29, 1.82) is 0 Å². The molecule has 0 aliphatic rings. The maximum absolute atomic E-state index is 11.9. The molecule has 0 aromatic carbocycles. The second kappa shape index (κ2) is 7.38. The first-order chi connectivity index (χ1) is 9.67. The lowest BCUT2D eigenvalue weighted by molar-refractivity contribution is -0.862. The van der Waals surface area contributed by atoms with Gasteiger partial charge in [0.15, 0.2) is 18.2 Å². The number of hydrogen-bond acceptors (Lipinski definition) is 3. The first-order valence-electron chi connectivity index (χ1n) is 6.70. The van der Waals surface area contributed by atoms with Gasteiger partial charge in [-0.3, -0.25) is 9.59 Å². The number of hydrogen-bond donors (Lipinski definition) is 3. The van der Waals surface area contributed by atoms with Crippen LogP contribution in [0.5, 0.6) is 0 Å². The van der Waals surface area contributed by atoms with E-state index in [0.29, 0.717) is 5.69 Å². The van der Waals surface area contributed by atoms with E-state index in [2.05, 4.69) is 15.6 Å². The molecule has 1 rings (SSSR count). The number of nitrogens with one attached hydrogen (secondary N) is 3. The normalized spacial score (nSPS) is 12.6. The summed E-state index contributed by atoms with van der Waals surface area (Å²) >= 11 is 5.87. The summed E-state index contributed by atoms with van der Waals surface area (Å²) in [7, 11) is 1.78. The Morgan fingerprint density at radius 3 is 2.48 bits per heavy atom. The van der Waals surface area contributed by atoms with E-state index in [4.69, 9.17) is 11.6 Å². The molecule has 1 heterocycles. The average molecular weight is 314 g/mol. The molecule has 1 aromatic rings. The van der Waals surface area contributed by atoms with Crippen LogP contribution in [0.3, 0.4) is 0 Å². The van der Waals surface area contributed by atoms with Crippen LogP contribution in [0, 0.1) is 0 Å². The summed E-state index contributed by atoms with van der Waals surface area (Å²) in [5, 5.41) is 5.78. The molecule has 21 heavy (non-hydrogen) atoms. The van der Waals surface area contributed by atoms with Gasteiger partial charge in [-0.15, -0.1) is 0 Å². The maximum Gasteiger partial charge on any atom is 0.279 e. The van der Waals surface area contributed by atoms with Crippen molar-refractivity contribution in [1.82, 2.24) is 10.3 Å². The Morgan fingerprint density at radius 2 is 1.90 bits per heavy atom. The van der Waals surface area contributed by atoms with E-state index in [1.165, 1.54) is 0 Å². The van der Waals surface area contributed by atoms with E-state index in [0.717, 1.165) is 4.90 Å². The molecule has 7 heteroatoms. The van der Waals surface area contributed by atoms with Crippen LogP contribution in [0.4, 0.5) is 5.69 Å². The second-order valence-electron chi connectivity index (χ2n) is 6.00. The maximum atomic E-state index is 11.9. The molecule has 3 N–H and O–H groups in total. The molecule has 1 atom stereocenters.